The number of hydrogen-bond acceptors (Lipinski definition) is 1. The zero-order chi connectivity index (χ0) is 17.0. The number of aliphatic hydroxyl groups is 1. The van der Waals surface area contributed by atoms with Crippen LogP contribution in [-0.4, -0.2) is 5.11 Å². The second-order valence-corrected chi connectivity index (χ2v) is 7.35. The van der Waals surface area contributed by atoms with E-state index in [0.29, 0.717) is 0 Å². The van der Waals surface area contributed by atoms with Crippen molar-refractivity contribution in [1.29, 1.82) is 0 Å². The Kier molecular flexibility index (Phi) is 3.30. The molecule has 25 heavy (non-hydrogen) atoms. The first-order chi connectivity index (χ1) is 12.2. The summed E-state index contributed by atoms with van der Waals surface area (Å²) in [7, 11) is 0. The van der Waals surface area contributed by atoms with Crippen LogP contribution in [0.3, 0.4) is 0 Å². The highest BCUT2D eigenvalue weighted by Gasteiger charge is 2.30. The lowest BCUT2D eigenvalue weighted by molar-refractivity contribution is 0.225. The smallest absolute Gasteiger partial charge is 0.105 e. The molecule has 0 saturated carbocycles. The Morgan fingerprint density at radius 2 is 1.48 bits per heavy atom. The van der Waals surface area contributed by atoms with Crippen LogP contribution in [0.25, 0.3) is 33.0 Å². The highest BCUT2D eigenvalue weighted by atomic mass is 79.9. The van der Waals surface area contributed by atoms with Crippen LogP contribution in [0.4, 0.5) is 0 Å². The molecule has 0 bridgehead atoms. The van der Waals surface area contributed by atoms with Gasteiger partial charge in [0.25, 0.3) is 0 Å². The van der Waals surface area contributed by atoms with Crippen molar-refractivity contribution in [1.82, 2.24) is 0 Å². The first kappa shape index (κ1) is 14.9. The van der Waals surface area contributed by atoms with Crippen molar-refractivity contribution >= 4 is 26.7 Å². The van der Waals surface area contributed by atoms with E-state index >= 15 is 0 Å². The Hall–Kier alpha value is -2.42. The van der Waals surface area contributed by atoms with Gasteiger partial charge in [0.2, 0.25) is 0 Å². The predicted octanol–water partition coefficient (Wildman–Crippen LogP) is 6.33. The molecule has 2 heteroatoms. The number of fused-ring (bicyclic) bond motifs is 4. The number of benzene rings is 4. The van der Waals surface area contributed by atoms with E-state index in [2.05, 4.69) is 70.5 Å². The summed E-state index contributed by atoms with van der Waals surface area (Å²) in [6, 6.07) is 27.1. The fourth-order valence-corrected chi connectivity index (χ4v) is 4.29. The third kappa shape index (κ3) is 2.18. The molecule has 1 nitrogen and oxygen atoms in total. The monoisotopic (exact) mass is 386 g/mol. The molecule has 1 aliphatic rings. The molecule has 0 spiro atoms. The normalized spacial score (nSPS) is 15.2. The van der Waals surface area contributed by atoms with E-state index in [9.17, 15) is 5.11 Å². The third-order valence-electron chi connectivity index (χ3n) is 5.02. The van der Waals surface area contributed by atoms with Crippen molar-refractivity contribution in [2.75, 3.05) is 0 Å². The molecule has 0 radical (unpaired) electrons. The Bertz CT molecular complexity index is 1120. The van der Waals surface area contributed by atoms with Gasteiger partial charge in [-0.05, 0) is 62.4 Å². The van der Waals surface area contributed by atoms with Gasteiger partial charge in [0.15, 0.2) is 0 Å². The molecule has 4 aromatic carbocycles. The van der Waals surface area contributed by atoms with Crippen LogP contribution < -0.4 is 0 Å². The van der Waals surface area contributed by atoms with Gasteiger partial charge in [-0.25, -0.2) is 0 Å². The molecular formula is C23H15BrO. The molecule has 0 fully saturated rings. The quantitative estimate of drug-likeness (QED) is 0.405. The zero-order valence-electron chi connectivity index (χ0n) is 13.4. The van der Waals surface area contributed by atoms with E-state index in [1.807, 2.05) is 24.3 Å². The molecule has 0 saturated heterocycles. The summed E-state index contributed by atoms with van der Waals surface area (Å²) in [5.74, 6) is 0. The average molecular weight is 387 g/mol. The van der Waals surface area contributed by atoms with Gasteiger partial charge in [-0.2, -0.15) is 0 Å². The second-order valence-electron chi connectivity index (χ2n) is 6.44. The van der Waals surface area contributed by atoms with E-state index in [1.165, 1.54) is 16.5 Å². The molecular weight excluding hydrogens is 372 g/mol. The maximum Gasteiger partial charge on any atom is 0.105 e. The van der Waals surface area contributed by atoms with Gasteiger partial charge in [-0.15, -0.1) is 0 Å². The van der Waals surface area contributed by atoms with Gasteiger partial charge in [-0.1, -0.05) is 76.6 Å². The number of rotatable bonds is 1. The zero-order valence-corrected chi connectivity index (χ0v) is 15.0. The highest BCUT2D eigenvalue weighted by molar-refractivity contribution is 9.10. The summed E-state index contributed by atoms with van der Waals surface area (Å²) in [5, 5.41) is 13.3. The van der Waals surface area contributed by atoms with Crippen LogP contribution in [0.1, 0.15) is 17.2 Å². The van der Waals surface area contributed by atoms with Crippen molar-refractivity contribution in [3.63, 3.8) is 0 Å². The summed E-state index contributed by atoms with van der Waals surface area (Å²) in [6.07, 6.45) is -0.568. The van der Waals surface area contributed by atoms with Gasteiger partial charge in [-0.3, -0.25) is 0 Å². The molecule has 0 heterocycles. The highest BCUT2D eigenvalue weighted by Crippen LogP contribution is 2.50. The Balaban J connectivity index is 1.99. The van der Waals surface area contributed by atoms with E-state index in [-0.39, 0.29) is 0 Å². The molecule has 120 valence electrons. The van der Waals surface area contributed by atoms with Gasteiger partial charge in [0.05, 0.1) is 0 Å². The van der Waals surface area contributed by atoms with E-state index in [1.54, 1.807) is 0 Å². The molecule has 4 aromatic rings. The standard InChI is InChI=1S/C23H15BrO/c24-16-11-10-15-12-20-22(17-8-4-5-9-18(17)23(20)25)21(19(15)13-16)14-6-2-1-3-7-14/h1-13,23,25H. The minimum Gasteiger partial charge on any atom is -0.384 e. The summed E-state index contributed by atoms with van der Waals surface area (Å²) in [6.45, 7) is 0. The average Bonchev–Trinajstić information content (AvgIpc) is 2.93. The van der Waals surface area contributed by atoms with Crippen molar-refractivity contribution in [2.45, 2.75) is 6.10 Å². The van der Waals surface area contributed by atoms with Crippen LogP contribution in [0.2, 0.25) is 0 Å². The lowest BCUT2D eigenvalue weighted by Crippen LogP contribution is -1.95. The first-order valence-corrected chi connectivity index (χ1v) is 9.12. The van der Waals surface area contributed by atoms with Crippen molar-refractivity contribution in [3.05, 3.63) is 94.5 Å². The van der Waals surface area contributed by atoms with E-state index in [0.717, 1.165) is 32.1 Å². The molecule has 5 rings (SSSR count). The van der Waals surface area contributed by atoms with Gasteiger partial charge in [0, 0.05) is 4.47 Å². The van der Waals surface area contributed by atoms with Crippen LogP contribution in [0.5, 0.6) is 0 Å². The minimum atomic E-state index is -0.568. The summed E-state index contributed by atoms with van der Waals surface area (Å²) < 4.78 is 1.06. The van der Waals surface area contributed by atoms with E-state index in [4.69, 9.17) is 0 Å². The van der Waals surface area contributed by atoms with Crippen LogP contribution in [0, 0.1) is 0 Å². The maximum absolute atomic E-state index is 10.9. The second kappa shape index (κ2) is 5.55. The summed E-state index contributed by atoms with van der Waals surface area (Å²) in [5.41, 5.74) is 6.63. The number of aliphatic hydroxyl groups excluding tert-OH is 1. The van der Waals surface area contributed by atoms with Crippen molar-refractivity contribution in [3.8, 4) is 22.3 Å². The fraction of sp³-hybridized carbons (Fsp3) is 0.0435. The minimum absolute atomic E-state index is 0.568. The summed E-state index contributed by atoms with van der Waals surface area (Å²) in [4.78, 5) is 0. The molecule has 0 amide bonds. The predicted molar refractivity (Wildman–Crippen MR) is 107 cm³/mol. The molecule has 0 aliphatic heterocycles. The molecule has 0 aromatic heterocycles. The molecule has 1 atom stereocenters. The maximum atomic E-state index is 10.9. The summed E-state index contributed by atoms with van der Waals surface area (Å²) >= 11 is 3.61. The lowest BCUT2D eigenvalue weighted by Gasteiger charge is -2.15. The number of halogens is 1. The largest absolute Gasteiger partial charge is 0.384 e. The van der Waals surface area contributed by atoms with Gasteiger partial charge in [0.1, 0.15) is 6.10 Å². The van der Waals surface area contributed by atoms with Gasteiger partial charge < -0.3 is 5.11 Å². The van der Waals surface area contributed by atoms with E-state index < -0.39 is 6.10 Å². The topological polar surface area (TPSA) is 20.2 Å². The van der Waals surface area contributed by atoms with Gasteiger partial charge >= 0.3 is 0 Å². The SMILES string of the molecule is OC1c2ccccc2-c2c1cc1ccc(Br)cc1c2-c1ccccc1. The first-order valence-electron chi connectivity index (χ1n) is 8.33. The van der Waals surface area contributed by atoms with Crippen LogP contribution in [0.15, 0.2) is 83.3 Å². The number of hydrogen-bond donors (Lipinski definition) is 1. The Morgan fingerprint density at radius 3 is 2.32 bits per heavy atom. The fourth-order valence-electron chi connectivity index (χ4n) is 3.93. The Morgan fingerprint density at radius 1 is 0.720 bits per heavy atom. The molecule has 1 unspecified atom stereocenters. The Labute approximate surface area is 154 Å². The van der Waals surface area contributed by atoms with Crippen molar-refractivity contribution in [2.24, 2.45) is 0 Å². The molecule has 1 aliphatic carbocycles. The van der Waals surface area contributed by atoms with Crippen molar-refractivity contribution < 1.29 is 5.11 Å². The third-order valence-corrected chi connectivity index (χ3v) is 5.51. The molecule has 1 N–H and O–H groups in total. The lowest BCUT2D eigenvalue weighted by atomic mass is 9.89. The van der Waals surface area contributed by atoms with Crippen LogP contribution >= 0.6 is 15.9 Å². The van der Waals surface area contributed by atoms with Crippen LogP contribution in [-0.2, 0) is 0 Å².